The zero-order valence-electron chi connectivity index (χ0n) is 34.8. The Kier molecular flexibility index (Phi) is 13.6. The van der Waals surface area contributed by atoms with Crippen molar-refractivity contribution in [3.05, 3.63) is 99.5 Å². The van der Waals surface area contributed by atoms with E-state index >= 15 is 8.78 Å². The Hall–Kier alpha value is -5.53. The first-order valence-corrected chi connectivity index (χ1v) is 23.3. The van der Waals surface area contributed by atoms with Gasteiger partial charge in [0.2, 0.25) is 15.9 Å². The summed E-state index contributed by atoms with van der Waals surface area (Å²) in [5, 5.41) is 5.68. The lowest BCUT2D eigenvalue weighted by Crippen LogP contribution is -2.34. The zero-order valence-corrected chi connectivity index (χ0v) is 37.2. The highest BCUT2D eigenvalue weighted by Crippen LogP contribution is 2.46. The van der Waals surface area contributed by atoms with Gasteiger partial charge in [-0.15, -0.1) is 0 Å². The molecule has 2 aliphatic carbocycles. The van der Waals surface area contributed by atoms with E-state index in [9.17, 15) is 48.0 Å². The van der Waals surface area contributed by atoms with E-state index in [4.69, 9.17) is 17.3 Å². The second-order valence-electron chi connectivity index (χ2n) is 16.0. The molecule has 0 spiro atoms. The van der Waals surface area contributed by atoms with E-state index in [1.165, 1.54) is 38.1 Å². The Labute approximate surface area is 373 Å². The van der Waals surface area contributed by atoms with Crippen molar-refractivity contribution in [1.82, 2.24) is 20.1 Å². The molecule has 0 saturated heterocycles. The molecule has 348 valence electrons. The van der Waals surface area contributed by atoms with Crippen molar-refractivity contribution < 1.29 is 56.8 Å². The Balaban J connectivity index is 1.59. The number of amides is 1. The predicted molar refractivity (Wildman–Crippen MR) is 229 cm³/mol. The maximum atomic E-state index is 15.5. The number of alkyl halides is 6. The number of hydrogen-bond donors (Lipinski definition) is 3. The molecule has 4 N–H and O–H groups in total. The van der Waals surface area contributed by atoms with Gasteiger partial charge in [0, 0.05) is 40.5 Å². The van der Waals surface area contributed by atoms with E-state index in [1.807, 2.05) is 0 Å². The van der Waals surface area contributed by atoms with Crippen LogP contribution in [0.3, 0.4) is 0 Å². The lowest BCUT2D eigenvalue weighted by Gasteiger charge is -2.23. The van der Waals surface area contributed by atoms with E-state index in [0.717, 1.165) is 30.0 Å². The number of nitrogens with one attached hydrogen (secondary N) is 2. The van der Waals surface area contributed by atoms with E-state index < -0.39 is 120 Å². The summed E-state index contributed by atoms with van der Waals surface area (Å²) < 4.78 is 169. The summed E-state index contributed by atoms with van der Waals surface area (Å²) in [4.78, 5) is 22.2. The SMILES string of the molecule is C=C1C(C)C(=C(N)C(F)F)C(=NCC(=O)NC(Cc2cc(F)cc(F)c2)c2nc(C#CC(C)(C)S(C)(=O)=O)ccc2-c2ccc(Cl)c3c(NS(=O)(=O)C4CC4)nn(CC(F)F)c23)C1(F)F. The molecule has 4 aromatic rings. The molecular weight excluding hydrogens is 934 g/mol. The van der Waals surface area contributed by atoms with Crippen molar-refractivity contribution in [3.63, 3.8) is 0 Å². The largest absolute Gasteiger partial charge is 0.397 e. The van der Waals surface area contributed by atoms with E-state index in [0.29, 0.717) is 18.9 Å². The Morgan fingerprint density at radius 1 is 1.06 bits per heavy atom. The number of nitrogens with two attached hydrogens (primary N) is 1. The van der Waals surface area contributed by atoms with Crippen molar-refractivity contribution in [2.45, 2.75) is 81.4 Å². The summed E-state index contributed by atoms with van der Waals surface area (Å²) >= 11 is 6.61. The predicted octanol–water partition coefficient (Wildman–Crippen LogP) is 7.53. The number of hydrogen-bond acceptors (Lipinski definition) is 9. The summed E-state index contributed by atoms with van der Waals surface area (Å²) in [6.45, 7) is 4.84. The molecule has 2 aromatic heterocycles. The quantitative estimate of drug-likeness (QED) is 0.0660. The highest BCUT2D eigenvalue weighted by Gasteiger charge is 2.53. The summed E-state index contributed by atoms with van der Waals surface area (Å²) in [5.74, 6) is -3.77. The van der Waals surface area contributed by atoms with Gasteiger partial charge in [0.15, 0.2) is 15.7 Å². The van der Waals surface area contributed by atoms with Gasteiger partial charge in [-0.3, -0.25) is 19.2 Å². The van der Waals surface area contributed by atoms with Crippen molar-refractivity contribution in [2.24, 2.45) is 16.6 Å². The van der Waals surface area contributed by atoms with Crippen molar-refractivity contribution in [1.29, 1.82) is 0 Å². The van der Waals surface area contributed by atoms with Crippen LogP contribution < -0.4 is 15.8 Å². The Morgan fingerprint density at radius 3 is 2.28 bits per heavy atom. The maximum Gasteiger partial charge on any atom is 0.311 e. The average Bonchev–Trinajstić information content (AvgIpc) is 3.98. The molecule has 23 heteroatoms. The van der Waals surface area contributed by atoms with Gasteiger partial charge >= 0.3 is 5.92 Å². The molecule has 0 aliphatic heterocycles. The van der Waals surface area contributed by atoms with Crippen LogP contribution in [-0.4, -0.2) is 84.8 Å². The van der Waals surface area contributed by atoms with Gasteiger partial charge in [-0.2, -0.15) is 13.9 Å². The smallest absolute Gasteiger partial charge is 0.311 e. The fourth-order valence-corrected chi connectivity index (χ4v) is 8.82. The molecule has 1 amide bonds. The molecule has 2 aromatic carbocycles. The van der Waals surface area contributed by atoms with Gasteiger partial charge < -0.3 is 11.1 Å². The lowest BCUT2D eigenvalue weighted by molar-refractivity contribution is -0.120. The van der Waals surface area contributed by atoms with E-state index in [-0.39, 0.29) is 49.8 Å². The van der Waals surface area contributed by atoms with Crippen LogP contribution in [0.15, 0.2) is 70.9 Å². The number of pyridine rings is 1. The average molecular weight is 974 g/mol. The number of nitrogens with zero attached hydrogens (tertiary/aromatic N) is 4. The topological polar surface area (TPSA) is 178 Å². The molecule has 6 rings (SSSR count). The summed E-state index contributed by atoms with van der Waals surface area (Å²) in [6, 6.07) is 6.11. The van der Waals surface area contributed by atoms with Gasteiger partial charge in [-0.1, -0.05) is 37.1 Å². The molecule has 2 unspecified atom stereocenters. The fraction of sp³-hybridized carbons (Fsp3) is 0.381. The number of fused-ring (bicyclic) bond motifs is 1. The van der Waals surface area contributed by atoms with Crippen LogP contribution in [0.25, 0.3) is 22.0 Å². The third kappa shape index (κ3) is 10.3. The third-order valence-electron chi connectivity index (χ3n) is 10.9. The molecule has 2 atom stereocenters. The molecule has 0 radical (unpaired) electrons. The standard InChI is InChI=1S/C42H40ClF8N7O5S2/c1-20-21(2)42(50,51)38(33(20)35(52)39(48)49)53-18-32(59)55-30(16-22-14-23(44)17-24(45)15-22)36-27(9-6-25(54-36)12-13-41(3,4)64(5,60)61)28-10-11-29(43)34-37(28)58(19-31(46)47)56-40(34)57-65(62,63)26-7-8-26/h6,9-11,14-15,17,20,26,30-31,39H,2,7-8,16,18-19,52H2,1,3-5H3,(H,55,59)(H,56,57). The van der Waals surface area contributed by atoms with Crippen molar-refractivity contribution in [3.8, 4) is 23.0 Å². The van der Waals surface area contributed by atoms with Gasteiger partial charge in [-0.25, -0.2) is 48.2 Å². The van der Waals surface area contributed by atoms with Crippen LogP contribution >= 0.6 is 11.6 Å². The minimum Gasteiger partial charge on any atom is -0.397 e. The number of carbonyl (C=O) groups excluding carboxylic acids is 1. The molecule has 2 fully saturated rings. The summed E-state index contributed by atoms with van der Waals surface area (Å²) in [5.41, 5.74) is 0.859. The van der Waals surface area contributed by atoms with Gasteiger partial charge in [0.05, 0.1) is 38.6 Å². The number of aromatic nitrogens is 3. The van der Waals surface area contributed by atoms with Gasteiger partial charge in [0.1, 0.15) is 40.9 Å². The van der Waals surface area contributed by atoms with E-state index in [2.05, 4.69) is 43.5 Å². The zero-order chi connectivity index (χ0) is 48.1. The minimum atomic E-state index is -4.05. The first kappa shape index (κ1) is 48.9. The first-order valence-electron chi connectivity index (χ1n) is 19.5. The number of carbonyl (C=O) groups is 1. The van der Waals surface area contributed by atoms with Crippen LogP contribution in [0.1, 0.15) is 56.6 Å². The number of allylic oxidation sites excluding steroid dienone is 3. The monoisotopic (exact) mass is 973 g/mol. The second kappa shape index (κ2) is 18.0. The minimum absolute atomic E-state index is 0.00633. The van der Waals surface area contributed by atoms with Crippen molar-refractivity contribution in [2.75, 3.05) is 17.5 Å². The molecule has 2 aliphatic rings. The molecule has 0 bridgehead atoms. The number of sulfone groups is 1. The Bertz CT molecular complexity index is 2940. The first-order chi connectivity index (χ1) is 30.1. The van der Waals surface area contributed by atoms with Crippen molar-refractivity contribution >= 4 is 59.8 Å². The number of benzene rings is 2. The molecular formula is C42H40ClF8N7O5S2. The Morgan fingerprint density at radius 2 is 1.69 bits per heavy atom. The number of halogens is 9. The molecule has 65 heavy (non-hydrogen) atoms. The maximum absolute atomic E-state index is 15.5. The summed E-state index contributed by atoms with van der Waals surface area (Å²) in [7, 11) is -7.85. The van der Waals surface area contributed by atoms with Gasteiger partial charge in [0.25, 0.3) is 12.9 Å². The van der Waals surface area contributed by atoms with E-state index in [1.54, 1.807) is 0 Å². The van der Waals surface area contributed by atoms with Crippen LogP contribution in [0.4, 0.5) is 40.9 Å². The number of sulfonamides is 1. The molecule has 2 heterocycles. The molecule has 2 saturated carbocycles. The third-order valence-corrected chi connectivity index (χ3v) is 15.0. The van der Waals surface area contributed by atoms with Crippen LogP contribution in [-0.2, 0) is 37.6 Å². The summed E-state index contributed by atoms with van der Waals surface area (Å²) in [6.07, 6.45) is -5.34. The highest BCUT2D eigenvalue weighted by atomic mass is 35.5. The normalized spacial score (nSPS) is 18.6. The highest BCUT2D eigenvalue weighted by molar-refractivity contribution is 7.93. The fourth-order valence-electron chi connectivity index (χ4n) is 7.01. The van der Waals surface area contributed by atoms with Gasteiger partial charge in [-0.05, 0) is 74.9 Å². The molecule has 12 nitrogen and oxygen atoms in total. The number of rotatable bonds is 14. The number of anilines is 1. The van der Waals surface area contributed by atoms with Crippen LogP contribution in [0.5, 0.6) is 0 Å². The lowest BCUT2D eigenvalue weighted by atomic mass is 9.93. The number of aliphatic imine (C=N–C) groups is 1. The second-order valence-corrected chi connectivity index (χ2v) is 20.9. The van der Waals surface area contributed by atoms with Crippen LogP contribution in [0.2, 0.25) is 5.02 Å². The van der Waals surface area contributed by atoms with Crippen LogP contribution in [0, 0.1) is 29.4 Å².